The zero-order chi connectivity index (χ0) is 13.7. The lowest BCUT2D eigenvalue weighted by molar-refractivity contribution is -0.116. The van der Waals surface area contributed by atoms with Crippen molar-refractivity contribution < 1.29 is 4.79 Å². The zero-order valence-electron chi connectivity index (χ0n) is 11.4. The molecule has 2 rings (SSSR count). The number of halogens is 1. The van der Waals surface area contributed by atoms with E-state index in [2.05, 4.69) is 10.3 Å². The van der Waals surface area contributed by atoms with E-state index in [9.17, 15) is 4.79 Å². The predicted octanol–water partition coefficient (Wildman–Crippen LogP) is 4.34. The fourth-order valence-electron chi connectivity index (χ4n) is 2.69. The molecule has 1 amide bonds. The van der Waals surface area contributed by atoms with E-state index in [1.54, 1.807) is 6.07 Å². The summed E-state index contributed by atoms with van der Waals surface area (Å²) < 4.78 is 0. The highest BCUT2D eigenvalue weighted by Gasteiger charge is 2.15. The highest BCUT2D eigenvalue weighted by Crippen LogP contribution is 2.27. The van der Waals surface area contributed by atoms with Crippen molar-refractivity contribution in [3.8, 4) is 0 Å². The molecule has 1 aromatic rings. The van der Waals surface area contributed by atoms with Crippen LogP contribution < -0.4 is 5.32 Å². The third-order valence-electron chi connectivity index (χ3n) is 3.83. The van der Waals surface area contributed by atoms with Crippen molar-refractivity contribution in [3.63, 3.8) is 0 Å². The van der Waals surface area contributed by atoms with Gasteiger partial charge in [0.2, 0.25) is 5.91 Å². The van der Waals surface area contributed by atoms with E-state index in [0.717, 1.165) is 23.7 Å². The van der Waals surface area contributed by atoms with Gasteiger partial charge in [0, 0.05) is 6.42 Å². The summed E-state index contributed by atoms with van der Waals surface area (Å²) in [6.07, 6.45) is 8.19. The molecule has 0 atom stereocenters. The summed E-state index contributed by atoms with van der Waals surface area (Å²) in [5.74, 6) is 0.821. The van der Waals surface area contributed by atoms with Crippen LogP contribution in [0.4, 0.5) is 5.69 Å². The van der Waals surface area contributed by atoms with Crippen LogP contribution in [0.3, 0.4) is 0 Å². The number of aryl methyl sites for hydroxylation is 1. The Morgan fingerprint density at radius 3 is 2.79 bits per heavy atom. The zero-order valence-corrected chi connectivity index (χ0v) is 12.2. The van der Waals surface area contributed by atoms with Crippen molar-refractivity contribution in [1.29, 1.82) is 0 Å². The van der Waals surface area contributed by atoms with E-state index in [4.69, 9.17) is 11.6 Å². The lowest BCUT2D eigenvalue weighted by Gasteiger charge is -2.21. The van der Waals surface area contributed by atoms with Crippen molar-refractivity contribution in [3.05, 3.63) is 23.0 Å². The lowest BCUT2D eigenvalue weighted by Crippen LogP contribution is -2.15. The molecule has 19 heavy (non-hydrogen) atoms. The highest BCUT2D eigenvalue weighted by molar-refractivity contribution is 6.29. The summed E-state index contributed by atoms with van der Waals surface area (Å²) in [5.41, 5.74) is 1.52. The highest BCUT2D eigenvalue weighted by atomic mass is 35.5. The molecule has 1 saturated carbocycles. The molecule has 0 spiro atoms. The van der Waals surface area contributed by atoms with Gasteiger partial charge < -0.3 is 5.32 Å². The number of anilines is 1. The Morgan fingerprint density at radius 1 is 1.37 bits per heavy atom. The van der Waals surface area contributed by atoms with Gasteiger partial charge in [-0.2, -0.15) is 0 Å². The van der Waals surface area contributed by atoms with Gasteiger partial charge in [-0.3, -0.25) is 4.79 Å². The summed E-state index contributed by atoms with van der Waals surface area (Å²) in [5, 5.41) is 3.37. The van der Waals surface area contributed by atoms with Crippen LogP contribution in [0.25, 0.3) is 0 Å². The van der Waals surface area contributed by atoms with Crippen LogP contribution in [0.5, 0.6) is 0 Å². The maximum atomic E-state index is 11.9. The second-order valence-electron chi connectivity index (χ2n) is 5.36. The minimum Gasteiger partial charge on any atom is -0.325 e. The summed E-state index contributed by atoms with van der Waals surface area (Å²) in [6, 6.07) is 3.51. The molecular formula is C15H21ClN2O. The monoisotopic (exact) mass is 280 g/mol. The van der Waals surface area contributed by atoms with Crippen molar-refractivity contribution in [1.82, 2.24) is 4.98 Å². The number of nitrogens with zero attached hydrogens (tertiary/aromatic N) is 1. The third-order valence-corrected chi connectivity index (χ3v) is 4.04. The predicted molar refractivity (Wildman–Crippen MR) is 78.4 cm³/mol. The molecule has 0 bridgehead atoms. The molecule has 3 nitrogen and oxygen atoms in total. The SMILES string of the molecule is Cc1nc(Cl)ccc1NC(=O)CCC1CCCCC1. The fourth-order valence-corrected chi connectivity index (χ4v) is 2.88. The Balaban J connectivity index is 1.80. The number of carbonyl (C=O) groups is 1. The van der Waals surface area contributed by atoms with E-state index in [1.807, 2.05) is 13.0 Å². The van der Waals surface area contributed by atoms with Crippen molar-refractivity contribution in [2.24, 2.45) is 5.92 Å². The van der Waals surface area contributed by atoms with E-state index >= 15 is 0 Å². The smallest absolute Gasteiger partial charge is 0.224 e. The molecule has 0 radical (unpaired) electrons. The van der Waals surface area contributed by atoms with Gasteiger partial charge in [-0.1, -0.05) is 43.7 Å². The van der Waals surface area contributed by atoms with Crippen LogP contribution in [-0.4, -0.2) is 10.9 Å². The maximum absolute atomic E-state index is 11.9. The van der Waals surface area contributed by atoms with Crippen LogP contribution >= 0.6 is 11.6 Å². The van der Waals surface area contributed by atoms with Gasteiger partial charge in [-0.05, 0) is 31.4 Å². The Morgan fingerprint density at radius 2 is 2.11 bits per heavy atom. The Hall–Kier alpha value is -1.09. The van der Waals surface area contributed by atoms with Gasteiger partial charge in [0.15, 0.2) is 0 Å². The Bertz CT molecular complexity index is 442. The molecule has 0 aromatic carbocycles. The van der Waals surface area contributed by atoms with Gasteiger partial charge >= 0.3 is 0 Å². The summed E-state index contributed by atoms with van der Waals surface area (Å²) in [7, 11) is 0. The van der Waals surface area contributed by atoms with Crippen molar-refractivity contribution in [2.45, 2.75) is 51.9 Å². The number of amides is 1. The Kier molecular flexibility index (Phi) is 5.20. The second-order valence-corrected chi connectivity index (χ2v) is 5.75. The number of hydrogen-bond acceptors (Lipinski definition) is 2. The van der Waals surface area contributed by atoms with Gasteiger partial charge in [-0.15, -0.1) is 0 Å². The van der Waals surface area contributed by atoms with E-state index in [0.29, 0.717) is 11.6 Å². The van der Waals surface area contributed by atoms with E-state index in [-0.39, 0.29) is 5.91 Å². The lowest BCUT2D eigenvalue weighted by atomic mass is 9.86. The topological polar surface area (TPSA) is 42.0 Å². The number of carbonyl (C=O) groups excluding carboxylic acids is 1. The first-order valence-corrected chi connectivity index (χ1v) is 7.46. The molecule has 1 aliphatic carbocycles. The number of rotatable bonds is 4. The number of pyridine rings is 1. The normalized spacial score (nSPS) is 16.3. The molecule has 0 saturated heterocycles. The molecule has 1 N–H and O–H groups in total. The number of hydrogen-bond donors (Lipinski definition) is 1. The summed E-state index contributed by atoms with van der Waals surface area (Å²) in [4.78, 5) is 16.0. The van der Waals surface area contributed by atoms with Crippen molar-refractivity contribution >= 4 is 23.2 Å². The standard InChI is InChI=1S/C15H21ClN2O/c1-11-13(8-9-14(16)17-11)18-15(19)10-7-12-5-3-2-4-6-12/h8-9,12H,2-7,10H2,1H3,(H,18,19). The maximum Gasteiger partial charge on any atom is 0.224 e. The molecule has 0 unspecified atom stereocenters. The first-order valence-electron chi connectivity index (χ1n) is 7.08. The number of nitrogens with one attached hydrogen (secondary N) is 1. The van der Waals surface area contributed by atoms with Gasteiger partial charge in [0.1, 0.15) is 5.15 Å². The van der Waals surface area contributed by atoms with E-state index < -0.39 is 0 Å². The molecule has 4 heteroatoms. The minimum absolute atomic E-state index is 0.0813. The largest absolute Gasteiger partial charge is 0.325 e. The minimum atomic E-state index is 0.0813. The van der Waals surface area contributed by atoms with E-state index in [1.165, 1.54) is 32.1 Å². The molecule has 1 heterocycles. The fraction of sp³-hybridized carbons (Fsp3) is 0.600. The van der Waals surface area contributed by atoms with Crippen LogP contribution in [0.2, 0.25) is 5.15 Å². The quantitative estimate of drug-likeness (QED) is 0.834. The van der Waals surface area contributed by atoms with Gasteiger partial charge in [0.25, 0.3) is 0 Å². The van der Waals surface area contributed by atoms with Crippen LogP contribution in [0.1, 0.15) is 50.6 Å². The van der Waals surface area contributed by atoms with Crippen LogP contribution in [-0.2, 0) is 4.79 Å². The first-order chi connectivity index (χ1) is 9.15. The molecule has 1 fully saturated rings. The van der Waals surface area contributed by atoms with Crippen LogP contribution in [0.15, 0.2) is 12.1 Å². The number of aromatic nitrogens is 1. The molecule has 0 aliphatic heterocycles. The molecule has 1 aromatic heterocycles. The van der Waals surface area contributed by atoms with Gasteiger partial charge in [0.05, 0.1) is 11.4 Å². The molecule has 1 aliphatic rings. The summed E-state index contributed by atoms with van der Waals surface area (Å²) >= 11 is 5.79. The molecular weight excluding hydrogens is 260 g/mol. The van der Waals surface area contributed by atoms with Crippen LogP contribution in [0, 0.1) is 12.8 Å². The van der Waals surface area contributed by atoms with Crippen molar-refractivity contribution in [2.75, 3.05) is 5.32 Å². The average Bonchev–Trinajstić information content (AvgIpc) is 2.41. The second kappa shape index (κ2) is 6.90. The Labute approximate surface area is 119 Å². The third kappa shape index (κ3) is 4.50. The van der Waals surface area contributed by atoms with Gasteiger partial charge in [-0.25, -0.2) is 4.98 Å². The average molecular weight is 281 g/mol. The molecule has 104 valence electrons. The summed E-state index contributed by atoms with van der Waals surface area (Å²) in [6.45, 7) is 1.85. The first kappa shape index (κ1) is 14.3.